The lowest BCUT2D eigenvalue weighted by Crippen LogP contribution is -2.45. The van der Waals surface area contributed by atoms with Gasteiger partial charge in [0.1, 0.15) is 11.8 Å². The lowest BCUT2D eigenvalue weighted by molar-refractivity contribution is -0.126. The van der Waals surface area contributed by atoms with Gasteiger partial charge in [-0.3, -0.25) is 14.5 Å². The van der Waals surface area contributed by atoms with Gasteiger partial charge in [0.2, 0.25) is 11.8 Å². The van der Waals surface area contributed by atoms with Gasteiger partial charge in [-0.25, -0.2) is 0 Å². The Labute approximate surface area is 222 Å². The fourth-order valence-electron chi connectivity index (χ4n) is 4.45. The van der Waals surface area contributed by atoms with Crippen molar-refractivity contribution in [2.24, 2.45) is 0 Å². The molecule has 0 aliphatic heterocycles. The van der Waals surface area contributed by atoms with Crippen molar-refractivity contribution in [2.45, 2.75) is 38.6 Å². The summed E-state index contributed by atoms with van der Waals surface area (Å²) >= 11 is 6.16. The molecule has 4 rings (SSSR count). The Morgan fingerprint density at radius 3 is 2.43 bits per heavy atom. The number of aromatic nitrogens is 1. The molecule has 3 aromatic carbocycles. The number of benzene rings is 3. The van der Waals surface area contributed by atoms with E-state index >= 15 is 0 Å². The molecule has 1 aromatic heterocycles. The molecule has 2 N–H and O–H groups in total. The molecule has 0 aliphatic carbocycles. The number of halogens is 1. The van der Waals surface area contributed by atoms with Crippen molar-refractivity contribution < 1.29 is 14.3 Å². The monoisotopic (exact) mass is 517 g/mol. The molecular formula is C30H32ClN3O3. The standard InChI is InChI=1S/C30H32ClN3O3/c1-3-4-7-18-32-30(36)29(21-10-12-23(31)13-11-21)34(24-14-16-25(37-2)17-15-24)28(35)19-22-20-33-27-9-6-5-8-26(22)27/h5-6,8-17,20,29,33H,3-4,7,18-19H2,1-2H3,(H,32,36). The first kappa shape index (κ1) is 26.3. The zero-order valence-electron chi connectivity index (χ0n) is 21.2. The number of rotatable bonds is 11. The second kappa shape index (κ2) is 12.5. The van der Waals surface area contributed by atoms with Crippen molar-refractivity contribution in [3.8, 4) is 5.75 Å². The van der Waals surface area contributed by atoms with E-state index in [1.54, 1.807) is 60.5 Å². The van der Waals surface area contributed by atoms with E-state index in [0.717, 1.165) is 35.7 Å². The van der Waals surface area contributed by atoms with E-state index in [0.29, 0.717) is 28.6 Å². The van der Waals surface area contributed by atoms with Gasteiger partial charge in [0, 0.05) is 34.4 Å². The Kier molecular flexibility index (Phi) is 8.86. The fourth-order valence-corrected chi connectivity index (χ4v) is 4.58. The second-order valence-corrected chi connectivity index (χ2v) is 9.39. The average Bonchev–Trinajstić information content (AvgIpc) is 3.33. The molecule has 0 aliphatic rings. The third-order valence-electron chi connectivity index (χ3n) is 6.41. The van der Waals surface area contributed by atoms with Crippen LogP contribution >= 0.6 is 11.6 Å². The Morgan fingerprint density at radius 1 is 1.00 bits per heavy atom. The summed E-state index contributed by atoms with van der Waals surface area (Å²) in [5.74, 6) is 0.236. The van der Waals surface area contributed by atoms with E-state index in [1.165, 1.54) is 0 Å². The number of unbranched alkanes of at least 4 members (excludes halogenated alkanes) is 2. The number of anilines is 1. The number of amides is 2. The highest BCUT2D eigenvalue weighted by atomic mass is 35.5. The van der Waals surface area contributed by atoms with Crippen molar-refractivity contribution >= 4 is 40.0 Å². The minimum Gasteiger partial charge on any atom is -0.497 e. The summed E-state index contributed by atoms with van der Waals surface area (Å²) in [6.45, 7) is 2.66. The maximum atomic E-state index is 14.0. The summed E-state index contributed by atoms with van der Waals surface area (Å²) in [6.07, 6.45) is 4.94. The van der Waals surface area contributed by atoms with Crippen molar-refractivity contribution in [1.29, 1.82) is 0 Å². The Balaban J connectivity index is 1.74. The molecule has 2 amide bonds. The number of H-pyrrole nitrogens is 1. The second-order valence-electron chi connectivity index (χ2n) is 8.95. The van der Waals surface area contributed by atoms with E-state index in [1.807, 2.05) is 30.5 Å². The van der Waals surface area contributed by atoms with E-state index in [-0.39, 0.29) is 18.2 Å². The first-order valence-electron chi connectivity index (χ1n) is 12.6. The normalized spacial score (nSPS) is 11.8. The SMILES string of the molecule is CCCCCNC(=O)C(c1ccc(Cl)cc1)N(C(=O)Cc1c[nH]c2ccccc12)c1ccc(OC)cc1. The van der Waals surface area contributed by atoms with Crippen molar-refractivity contribution in [3.05, 3.63) is 95.1 Å². The third kappa shape index (κ3) is 6.33. The van der Waals surface area contributed by atoms with E-state index in [4.69, 9.17) is 16.3 Å². The van der Waals surface area contributed by atoms with Crippen LogP contribution < -0.4 is 15.0 Å². The van der Waals surface area contributed by atoms with Crippen LogP contribution in [0.1, 0.15) is 43.4 Å². The highest BCUT2D eigenvalue weighted by Crippen LogP contribution is 2.31. The molecule has 4 aromatic rings. The van der Waals surface area contributed by atoms with Crippen molar-refractivity contribution in [2.75, 3.05) is 18.6 Å². The summed E-state index contributed by atoms with van der Waals surface area (Å²) in [5, 5.41) is 4.60. The Bertz CT molecular complexity index is 1330. The van der Waals surface area contributed by atoms with Gasteiger partial charge >= 0.3 is 0 Å². The summed E-state index contributed by atoms with van der Waals surface area (Å²) < 4.78 is 5.32. The van der Waals surface area contributed by atoms with Crippen LogP contribution in [0.4, 0.5) is 5.69 Å². The molecule has 0 spiro atoms. The fraction of sp³-hybridized carbons (Fsp3) is 0.267. The minimum atomic E-state index is -0.870. The molecule has 0 saturated heterocycles. The molecule has 37 heavy (non-hydrogen) atoms. The molecule has 0 radical (unpaired) electrons. The van der Waals surface area contributed by atoms with Gasteiger partial charge in [-0.1, -0.05) is 61.7 Å². The number of fused-ring (bicyclic) bond motifs is 1. The van der Waals surface area contributed by atoms with Gasteiger partial charge in [-0.2, -0.15) is 0 Å². The molecule has 7 heteroatoms. The van der Waals surface area contributed by atoms with Crippen LogP contribution in [0.25, 0.3) is 10.9 Å². The molecule has 1 heterocycles. The predicted octanol–water partition coefficient (Wildman–Crippen LogP) is 6.45. The first-order chi connectivity index (χ1) is 18.0. The summed E-state index contributed by atoms with van der Waals surface area (Å²) in [4.78, 5) is 32.5. The van der Waals surface area contributed by atoms with Crippen LogP contribution in [0.3, 0.4) is 0 Å². The molecule has 192 valence electrons. The Morgan fingerprint density at radius 2 is 1.73 bits per heavy atom. The number of methoxy groups -OCH3 is 1. The van der Waals surface area contributed by atoms with E-state index in [9.17, 15) is 9.59 Å². The van der Waals surface area contributed by atoms with Gasteiger partial charge in [-0.05, 0) is 60.0 Å². The van der Waals surface area contributed by atoms with Gasteiger partial charge in [0.25, 0.3) is 0 Å². The van der Waals surface area contributed by atoms with Crippen LogP contribution in [-0.4, -0.2) is 30.5 Å². The highest BCUT2D eigenvalue weighted by Gasteiger charge is 2.33. The number of nitrogens with one attached hydrogen (secondary N) is 2. The van der Waals surface area contributed by atoms with Crippen LogP contribution in [0, 0.1) is 0 Å². The number of hydrogen-bond donors (Lipinski definition) is 2. The lowest BCUT2D eigenvalue weighted by Gasteiger charge is -2.32. The van der Waals surface area contributed by atoms with E-state index < -0.39 is 6.04 Å². The third-order valence-corrected chi connectivity index (χ3v) is 6.66. The van der Waals surface area contributed by atoms with Crippen LogP contribution in [0.5, 0.6) is 5.75 Å². The maximum Gasteiger partial charge on any atom is 0.247 e. The highest BCUT2D eigenvalue weighted by molar-refractivity contribution is 6.30. The number of ether oxygens (including phenoxy) is 1. The van der Waals surface area contributed by atoms with Crippen molar-refractivity contribution in [3.63, 3.8) is 0 Å². The number of aromatic amines is 1. The quantitative estimate of drug-likeness (QED) is 0.224. The van der Waals surface area contributed by atoms with Crippen molar-refractivity contribution in [1.82, 2.24) is 10.3 Å². The van der Waals surface area contributed by atoms with Gasteiger partial charge < -0.3 is 15.0 Å². The zero-order chi connectivity index (χ0) is 26.2. The molecule has 0 fully saturated rings. The lowest BCUT2D eigenvalue weighted by atomic mass is 10.0. The zero-order valence-corrected chi connectivity index (χ0v) is 21.9. The predicted molar refractivity (Wildman–Crippen MR) is 149 cm³/mol. The van der Waals surface area contributed by atoms with Gasteiger partial charge in [0.05, 0.1) is 13.5 Å². The minimum absolute atomic E-state index is 0.128. The summed E-state index contributed by atoms with van der Waals surface area (Å²) in [6, 6.07) is 21.3. The molecular weight excluding hydrogens is 486 g/mol. The number of carbonyl (C=O) groups is 2. The van der Waals surface area contributed by atoms with Crippen LogP contribution in [0.15, 0.2) is 79.0 Å². The smallest absolute Gasteiger partial charge is 0.247 e. The Hall–Kier alpha value is -3.77. The van der Waals surface area contributed by atoms with E-state index in [2.05, 4.69) is 17.2 Å². The van der Waals surface area contributed by atoms with Crippen LogP contribution in [0.2, 0.25) is 5.02 Å². The first-order valence-corrected chi connectivity index (χ1v) is 12.9. The summed E-state index contributed by atoms with van der Waals surface area (Å²) in [5.41, 5.74) is 3.12. The number of nitrogens with zero attached hydrogens (tertiary/aromatic N) is 1. The molecule has 0 bridgehead atoms. The van der Waals surface area contributed by atoms with Gasteiger partial charge in [-0.15, -0.1) is 0 Å². The molecule has 0 saturated carbocycles. The topological polar surface area (TPSA) is 74.4 Å². The molecule has 1 atom stereocenters. The number of carbonyl (C=O) groups excluding carboxylic acids is 2. The number of hydrogen-bond acceptors (Lipinski definition) is 3. The molecule has 1 unspecified atom stereocenters. The maximum absolute atomic E-state index is 14.0. The van der Waals surface area contributed by atoms with Crippen LogP contribution in [-0.2, 0) is 16.0 Å². The summed E-state index contributed by atoms with van der Waals surface area (Å²) in [7, 11) is 1.59. The molecule has 6 nitrogen and oxygen atoms in total. The van der Waals surface area contributed by atoms with Gasteiger partial charge in [0.15, 0.2) is 0 Å². The average molecular weight is 518 g/mol. The largest absolute Gasteiger partial charge is 0.497 e. The number of para-hydroxylation sites is 1.